The Labute approximate surface area is 216 Å². The maximum atomic E-state index is 12.9. The van der Waals surface area contributed by atoms with Gasteiger partial charge >= 0.3 is 0 Å². The summed E-state index contributed by atoms with van der Waals surface area (Å²) in [5.41, 5.74) is 4.79. The summed E-state index contributed by atoms with van der Waals surface area (Å²) in [5.74, 6) is 0.281. The Morgan fingerprint density at radius 1 is 1.28 bits per heavy atom. The summed E-state index contributed by atoms with van der Waals surface area (Å²) in [7, 11) is 0. The molecule has 0 radical (unpaired) electrons. The zero-order chi connectivity index (χ0) is 25.9. The van der Waals surface area contributed by atoms with E-state index in [1.807, 2.05) is 4.90 Å². The van der Waals surface area contributed by atoms with Gasteiger partial charge in [-0.2, -0.15) is 0 Å². The molecule has 9 heteroatoms. The highest BCUT2D eigenvalue weighted by Crippen LogP contribution is 2.32. The maximum Gasteiger partial charge on any atom is 0.269 e. The van der Waals surface area contributed by atoms with Crippen LogP contribution in [0.2, 0.25) is 0 Å². The monoisotopic (exact) mass is 508 g/mol. The molecule has 192 valence electrons. The van der Waals surface area contributed by atoms with E-state index < -0.39 is 0 Å². The second kappa shape index (κ2) is 10.9. The summed E-state index contributed by atoms with van der Waals surface area (Å²) in [6, 6.07) is 6.79. The van der Waals surface area contributed by atoms with Crippen LogP contribution < -0.4 is 10.6 Å². The Morgan fingerprint density at radius 2 is 2.08 bits per heavy atom. The molecule has 3 heterocycles. The lowest BCUT2D eigenvalue weighted by Crippen LogP contribution is -2.37. The van der Waals surface area contributed by atoms with E-state index in [1.54, 1.807) is 11.7 Å². The van der Waals surface area contributed by atoms with Gasteiger partial charge in [0.15, 0.2) is 0 Å². The van der Waals surface area contributed by atoms with Gasteiger partial charge in [0.2, 0.25) is 11.9 Å². The Hall–Kier alpha value is -3.04. The maximum absolute atomic E-state index is 12.9. The Morgan fingerprint density at radius 3 is 2.78 bits per heavy atom. The zero-order valence-corrected chi connectivity index (χ0v) is 22.4. The SMILES string of the molecule is C=CC(=O)N1CCC[C@@H](n2c(NC(=O)c3cncs3)nc3cc(CN[C@@H](C)C(C)(C)C)ccc32)CC1. The molecule has 2 N–H and O–H groups in total. The molecule has 0 bridgehead atoms. The van der Waals surface area contributed by atoms with Gasteiger partial charge in [-0.15, -0.1) is 11.3 Å². The number of nitrogens with zero attached hydrogens (tertiary/aromatic N) is 4. The van der Waals surface area contributed by atoms with E-state index in [-0.39, 0.29) is 23.3 Å². The number of rotatable bonds is 7. The summed E-state index contributed by atoms with van der Waals surface area (Å²) in [4.78, 5) is 36.4. The van der Waals surface area contributed by atoms with Crippen molar-refractivity contribution in [2.45, 2.75) is 65.6 Å². The largest absolute Gasteiger partial charge is 0.339 e. The van der Waals surface area contributed by atoms with Gasteiger partial charge in [0.25, 0.3) is 5.91 Å². The molecule has 2 aromatic heterocycles. The molecule has 1 fully saturated rings. The van der Waals surface area contributed by atoms with E-state index in [2.05, 4.69) is 72.7 Å². The number of thiazole rings is 1. The van der Waals surface area contributed by atoms with Crippen LogP contribution in [0.25, 0.3) is 11.0 Å². The smallest absolute Gasteiger partial charge is 0.269 e. The molecule has 0 unspecified atom stereocenters. The molecule has 36 heavy (non-hydrogen) atoms. The number of benzene rings is 1. The fourth-order valence-electron chi connectivity index (χ4n) is 4.47. The topological polar surface area (TPSA) is 92.2 Å². The molecule has 3 aromatic rings. The first-order chi connectivity index (χ1) is 17.2. The van der Waals surface area contributed by atoms with Crippen LogP contribution in [0.1, 0.15) is 68.2 Å². The lowest BCUT2D eigenvalue weighted by Gasteiger charge is -2.28. The fourth-order valence-corrected chi connectivity index (χ4v) is 4.98. The average molecular weight is 509 g/mol. The van der Waals surface area contributed by atoms with Crippen molar-refractivity contribution in [3.63, 3.8) is 0 Å². The van der Waals surface area contributed by atoms with Crippen LogP contribution in [0.5, 0.6) is 0 Å². The Bertz CT molecular complexity index is 1230. The third-order valence-electron chi connectivity index (χ3n) is 7.10. The van der Waals surface area contributed by atoms with Crippen LogP contribution in [0.15, 0.2) is 42.6 Å². The van der Waals surface area contributed by atoms with Crippen molar-refractivity contribution in [2.24, 2.45) is 5.41 Å². The predicted octanol–water partition coefficient (Wildman–Crippen LogP) is 5.01. The van der Waals surface area contributed by atoms with Crippen molar-refractivity contribution < 1.29 is 9.59 Å². The number of carbonyl (C=O) groups is 2. The number of imidazole rings is 1. The van der Waals surface area contributed by atoms with Gasteiger partial charge in [-0.05, 0) is 55.4 Å². The molecule has 0 aliphatic carbocycles. The molecule has 2 amide bonds. The Balaban J connectivity index is 1.64. The van der Waals surface area contributed by atoms with Crippen molar-refractivity contribution in [2.75, 3.05) is 18.4 Å². The van der Waals surface area contributed by atoms with Gasteiger partial charge in [0.05, 0.1) is 22.7 Å². The summed E-state index contributed by atoms with van der Waals surface area (Å²) in [5, 5.41) is 6.64. The highest BCUT2D eigenvalue weighted by molar-refractivity contribution is 7.11. The number of anilines is 1. The quantitative estimate of drug-likeness (QED) is 0.438. The molecule has 2 atom stereocenters. The number of hydrogen-bond acceptors (Lipinski definition) is 6. The number of aromatic nitrogens is 3. The van der Waals surface area contributed by atoms with E-state index in [4.69, 9.17) is 4.98 Å². The van der Waals surface area contributed by atoms with Crippen LogP contribution in [0.3, 0.4) is 0 Å². The van der Waals surface area contributed by atoms with Crippen molar-refractivity contribution in [3.05, 3.63) is 53.0 Å². The minimum atomic E-state index is -0.216. The summed E-state index contributed by atoms with van der Waals surface area (Å²) in [6.07, 6.45) is 5.49. The number of amides is 2. The van der Waals surface area contributed by atoms with E-state index in [1.165, 1.54) is 17.4 Å². The third-order valence-corrected chi connectivity index (χ3v) is 7.87. The molecule has 1 aromatic carbocycles. The molecule has 0 spiro atoms. The first kappa shape index (κ1) is 26.0. The average Bonchev–Trinajstić information content (AvgIpc) is 3.43. The number of nitrogens with one attached hydrogen (secondary N) is 2. The number of likely N-dealkylation sites (tertiary alicyclic amines) is 1. The summed E-state index contributed by atoms with van der Waals surface area (Å²) < 4.78 is 2.14. The molecule has 1 aliphatic heterocycles. The predicted molar refractivity (Wildman–Crippen MR) is 145 cm³/mol. The minimum Gasteiger partial charge on any atom is -0.339 e. The standard InChI is InChI=1S/C27H36N6O2S/c1-6-24(34)32-12-7-8-20(11-13-32)33-22-10-9-19(15-29-18(2)27(3,4)5)14-21(22)30-26(33)31-25(35)23-16-28-17-36-23/h6,9-10,14,16-18,20,29H,1,7-8,11-13,15H2,2-5H3,(H,30,31,35)/t18-,20+/m0/s1. The first-order valence-electron chi connectivity index (χ1n) is 12.5. The normalized spacial score (nSPS) is 17.6. The second-order valence-corrected chi connectivity index (χ2v) is 11.4. The fraction of sp³-hybridized carbons (Fsp3) is 0.481. The van der Waals surface area contributed by atoms with E-state index in [9.17, 15) is 9.59 Å². The number of fused-ring (bicyclic) bond motifs is 1. The zero-order valence-electron chi connectivity index (χ0n) is 21.6. The molecule has 8 nitrogen and oxygen atoms in total. The van der Waals surface area contributed by atoms with E-state index in [0.29, 0.717) is 30.0 Å². The molecule has 0 saturated carbocycles. The minimum absolute atomic E-state index is 0.0357. The van der Waals surface area contributed by atoms with Crippen LogP contribution >= 0.6 is 11.3 Å². The lowest BCUT2D eigenvalue weighted by atomic mass is 9.88. The van der Waals surface area contributed by atoms with Crippen molar-refractivity contribution in [1.82, 2.24) is 24.8 Å². The van der Waals surface area contributed by atoms with E-state index in [0.717, 1.165) is 42.4 Å². The number of hydrogen-bond donors (Lipinski definition) is 2. The van der Waals surface area contributed by atoms with Crippen LogP contribution in [-0.4, -0.2) is 50.4 Å². The third kappa shape index (κ3) is 5.84. The van der Waals surface area contributed by atoms with Gasteiger partial charge in [-0.3, -0.25) is 19.9 Å². The van der Waals surface area contributed by atoms with E-state index >= 15 is 0 Å². The molecule has 1 saturated heterocycles. The molecule has 4 rings (SSSR count). The van der Waals surface area contributed by atoms with Gasteiger partial charge < -0.3 is 14.8 Å². The highest BCUT2D eigenvalue weighted by atomic mass is 32.1. The molecule has 1 aliphatic rings. The molecular formula is C27H36N6O2S. The summed E-state index contributed by atoms with van der Waals surface area (Å²) >= 11 is 1.30. The van der Waals surface area contributed by atoms with Gasteiger partial charge in [0, 0.05) is 31.7 Å². The molecular weight excluding hydrogens is 472 g/mol. The van der Waals surface area contributed by atoms with Crippen LogP contribution in [0, 0.1) is 5.41 Å². The lowest BCUT2D eigenvalue weighted by molar-refractivity contribution is -0.125. The van der Waals surface area contributed by atoms with Gasteiger partial charge in [-0.25, -0.2) is 4.98 Å². The van der Waals surface area contributed by atoms with Gasteiger partial charge in [-0.1, -0.05) is 33.4 Å². The Kier molecular flexibility index (Phi) is 7.90. The van der Waals surface area contributed by atoms with Crippen LogP contribution in [0.4, 0.5) is 5.95 Å². The number of carbonyl (C=O) groups excluding carboxylic acids is 2. The second-order valence-electron chi connectivity index (χ2n) is 10.5. The van der Waals surface area contributed by atoms with Crippen LogP contribution in [-0.2, 0) is 11.3 Å². The van der Waals surface area contributed by atoms with Crippen molar-refractivity contribution in [1.29, 1.82) is 0 Å². The van der Waals surface area contributed by atoms with Crippen molar-refractivity contribution >= 4 is 40.1 Å². The van der Waals surface area contributed by atoms with Crippen molar-refractivity contribution in [3.8, 4) is 0 Å². The summed E-state index contributed by atoms with van der Waals surface area (Å²) in [6.45, 7) is 14.6. The first-order valence-corrected chi connectivity index (χ1v) is 13.4. The van der Waals surface area contributed by atoms with Gasteiger partial charge in [0.1, 0.15) is 4.88 Å². The highest BCUT2D eigenvalue weighted by Gasteiger charge is 2.26.